The number of esters is 3. The molecule has 0 aromatic heterocycles. The number of aliphatic carboxylic acids is 1. The lowest BCUT2D eigenvalue weighted by atomic mass is 9.98. The van der Waals surface area contributed by atoms with Crippen molar-refractivity contribution in [2.24, 2.45) is 0 Å². The van der Waals surface area contributed by atoms with Gasteiger partial charge in [-0.3, -0.25) is 14.4 Å². The van der Waals surface area contributed by atoms with E-state index >= 15 is 0 Å². The van der Waals surface area contributed by atoms with Gasteiger partial charge in [0.15, 0.2) is 24.6 Å². The molecule has 0 amide bonds. The number of hydrogen-bond donors (Lipinski definition) is 3. The third-order valence-electron chi connectivity index (χ3n) is 12.7. The molecule has 12 heteroatoms. The molecule has 1 saturated heterocycles. The highest BCUT2D eigenvalue weighted by atomic mass is 16.7. The van der Waals surface area contributed by atoms with Crippen LogP contribution in [0.5, 0.6) is 0 Å². The first-order valence-corrected chi connectivity index (χ1v) is 30.2. The summed E-state index contributed by atoms with van der Waals surface area (Å²) in [6.45, 7) is 5.66. The van der Waals surface area contributed by atoms with Crippen LogP contribution in [0.4, 0.5) is 0 Å². The van der Waals surface area contributed by atoms with Crippen LogP contribution in [-0.2, 0) is 42.9 Å². The minimum atomic E-state index is -1.93. The fourth-order valence-electron chi connectivity index (χ4n) is 8.11. The van der Waals surface area contributed by atoms with Gasteiger partial charge in [-0.1, -0.05) is 199 Å². The number of aliphatic hydroxyl groups excluding tert-OH is 2. The Balaban J connectivity index is 2.71. The van der Waals surface area contributed by atoms with Crippen LogP contribution in [0.1, 0.15) is 213 Å². The van der Waals surface area contributed by atoms with E-state index < -0.39 is 67.3 Å². The van der Waals surface area contributed by atoms with Crippen molar-refractivity contribution in [3.8, 4) is 0 Å². The Kier molecular flexibility index (Phi) is 48.7. The van der Waals surface area contributed by atoms with Crippen LogP contribution < -0.4 is 0 Å². The van der Waals surface area contributed by atoms with Gasteiger partial charge < -0.3 is 39.0 Å². The second-order valence-corrected chi connectivity index (χ2v) is 19.9. The molecule has 0 bridgehead atoms. The van der Waals surface area contributed by atoms with Crippen LogP contribution in [0.3, 0.4) is 0 Å². The highest BCUT2D eigenvalue weighted by Crippen LogP contribution is 2.26. The average molecular weight is 1100 g/mol. The van der Waals surface area contributed by atoms with Crippen molar-refractivity contribution in [2.45, 2.75) is 250 Å². The molecule has 0 aromatic rings. The van der Waals surface area contributed by atoms with Crippen molar-refractivity contribution < 1.29 is 58.2 Å². The van der Waals surface area contributed by atoms with Crippen molar-refractivity contribution >= 4 is 23.9 Å². The zero-order valence-corrected chi connectivity index (χ0v) is 48.8. The molecule has 1 heterocycles. The standard InChI is InChI=1S/C67H104O12/c1-4-7-10-13-16-19-22-24-26-28-30-32-34-36-39-41-44-47-50-53-59(68)75-56-58(77-60(69)54-51-48-45-42-38-21-18-15-12-9-6-3)57-76-67-65(63(72)62(71)64(79-67)66(73)74)78-61(70)55-52-49-46-43-40-37-35-33-31-29-27-25-23-20-17-14-11-8-5-2/h7-8,10-11,15-20,24-27,30-33,36-37,39-40,58,62-65,67,71-72H,4-6,9,12-14,21-23,28-29,34-35,38,41-57H2,1-3H3,(H,73,74)/b10-7-,11-8-,18-15-,19-16-,20-17-,26-24-,27-25-,32-30-,33-31-,39-36-,40-37-. The van der Waals surface area contributed by atoms with Gasteiger partial charge in [0.05, 0.1) is 6.61 Å². The van der Waals surface area contributed by atoms with Crippen molar-refractivity contribution in [1.29, 1.82) is 0 Å². The fraction of sp³-hybridized carbons (Fsp3) is 0.612. The summed E-state index contributed by atoms with van der Waals surface area (Å²) < 4.78 is 28.3. The molecule has 1 fully saturated rings. The lowest BCUT2D eigenvalue weighted by molar-refractivity contribution is -0.301. The number of carbonyl (C=O) groups excluding carboxylic acids is 3. The lowest BCUT2D eigenvalue weighted by Gasteiger charge is -2.40. The fourth-order valence-corrected chi connectivity index (χ4v) is 8.11. The molecule has 1 aliphatic rings. The molecule has 1 rings (SSSR count). The van der Waals surface area contributed by atoms with E-state index in [1.807, 2.05) is 0 Å². The van der Waals surface area contributed by atoms with E-state index in [1.165, 1.54) is 12.8 Å². The van der Waals surface area contributed by atoms with Crippen LogP contribution in [-0.4, -0.2) is 89.2 Å². The van der Waals surface area contributed by atoms with E-state index in [0.29, 0.717) is 19.3 Å². The first kappa shape index (κ1) is 71.9. The molecule has 12 nitrogen and oxygen atoms in total. The van der Waals surface area contributed by atoms with Gasteiger partial charge in [-0.2, -0.15) is 0 Å². The third-order valence-corrected chi connectivity index (χ3v) is 12.7. The number of carboxylic acid groups (broad SMARTS) is 1. The predicted molar refractivity (Wildman–Crippen MR) is 321 cm³/mol. The van der Waals surface area contributed by atoms with E-state index in [0.717, 1.165) is 141 Å². The topological polar surface area (TPSA) is 175 Å². The Bertz CT molecular complexity index is 1880. The third kappa shape index (κ3) is 43.4. The summed E-state index contributed by atoms with van der Waals surface area (Å²) in [6.07, 6.45) is 62.8. The Labute approximate surface area is 477 Å². The highest BCUT2D eigenvalue weighted by Gasteiger charge is 2.50. The zero-order valence-electron chi connectivity index (χ0n) is 48.8. The normalized spacial score (nSPS) is 18.8. The molecular formula is C67H104O12. The van der Waals surface area contributed by atoms with E-state index in [9.17, 15) is 34.5 Å². The van der Waals surface area contributed by atoms with E-state index in [-0.39, 0.29) is 25.9 Å². The largest absolute Gasteiger partial charge is 0.479 e. The van der Waals surface area contributed by atoms with E-state index in [1.54, 1.807) is 0 Å². The molecule has 0 spiro atoms. The number of allylic oxidation sites excluding steroid dienone is 22. The Morgan fingerprint density at radius 1 is 0.430 bits per heavy atom. The van der Waals surface area contributed by atoms with E-state index in [4.69, 9.17) is 23.7 Å². The van der Waals surface area contributed by atoms with Gasteiger partial charge in [-0.25, -0.2) is 4.79 Å². The van der Waals surface area contributed by atoms with Crippen molar-refractivity contribution in [3.63, 3.8) is 0 Å². The Morgan fingerprint density at radius 3 is 1.24 bits per heavy atom. The summed E-state index contributed by atoms with van der Waals surface area (Å²) in [5.74, 6) is -3.24. The van der Waals surface area contributed by atoms with Crippen LogP contribution in [0.15, 0.2) is 134 Å². The molecule has 0 saturated carbocycles. The maximum atomic E-state index is 13.1. The van der Waals surface area contributed by atoms with Crippen LogP contribution >= 0.6 is 0 Å². The van der Waals surface area contributed by atoms with Crippen molar-refractivity contribution in [3.05, 3.63) is 134 Å². The summed E-state index contributed by atoms with van der Waals surface area (Å²) in [5.41, 5.74) is 0. The molecule has 444 valence electrons. The molecule has 6 atom stereocenters. The Hall–Kier alpha value is -5.14. The Morgan fingerprint density at radius 2 is 0.797 bits per heavy atom. The quantitative estimate of drug-likeness (QED) is 0.0228. The van der Waals surface area contributed by atoms with Gasteiger partial charge in [-0.05, 0) is 128 Å². The van der Waals surface area contributed by atoms with Crippen molar-refractivity contribution in [1.82, 2.24) is 0 Å². The lowest BCUT2D eigenvalue weighted by Crippen LogP contribution is -2.61. The summed E-state index contributed by atoms with van der Waals surface area (Å²) in [4.78, 5) is 51.1. The first-order chi connectivity index (χ1) is 38.6. The average Bonchev–Trinajstić information content (AvgIpc) is 3.48. The highest BCUT2D eigenvalue weighted by molar-refractivity contribution is 5.74. The minimum absolute atomic E-state index is 0.00965. The number of ether oxygens (including phenoxy) is 5. The minimum Gasteiger partial charge on any atom is -0.479 e. The van der Waals surface area contributed by atoms with E-state index in [2.05, 4.69) is 154 Å². The van der Waals surface area contributed by atoms with Crippen LogP contribution in [0.25, 0.3) is 0 Å². The molecular weight excluding hydrogens is 997 g/mol. The SMILES string of the molecule is CC/C=C\C/C=C\C/C=C\C/C=C\C/C=C\CCCCCC(=O)OCC(COC1OC(C(=O)O)C(O)C(O)C1OC(=O)CCCCC/C=C\C/C=C\C/C=C\C/C=C\C/C=C\CC)OC(=O)CCCCCCC/C=C\CCCC. The molecule has 6 unspecified atom stereocenters. The number of rotatable bonds is 49. The second kappa shape index (κ2) is 53.5. The predicted octanol–water partition coefficient (Wildman–Crippen LogP) is 15.8. The van der Waals surface area contributed by atoms with Gasteiger partial charge in [0.2, 0.25) is 0 Å². The number of aliphatic hydroxyl groups is 2. The maximum Gasteiger partial charge on any atom is 0.335 e. The molecule has 0 aromatic carbocycles. The summed E-state index contributed by atoms with van der Waals surface area (Å²) in [7, 11) is 0. The van der Waals surface area contributed by atoms with Gasteiger partial charge in [0, 0.05) is 19.3 Å². The molecule has 1 aliphatic heterocycles. The monoisotopic (exact) mass is 1100 g/mol. The molecule has 3 N–H and O–H groups in total. The number of unbranched alkanes of at least 4 members (excludes halogenated alkanes) is 13. The van der Waals surface area contributed by atoms with Crippen LogP contribution in [0.2, 0.25) is 0 Å². The van der Waals surface area contributed by atoms with Gasteiger partial charge in [0.1, 0.15) is 18.8 Å². The summed E-state index contributed by atoms with van der Waals surface area (Å²) in [6, 6.07) is 0. The van der Waals surface area contributed by atoms with Gasteiger partial charge >= 0.3 is 23.9 Å². The first-order valence-electron chi connectivity index (χ1n) is 30.2. The molecule has 0 radical (unpaired) electrons. The zero-order chi connectivity index (χ0) is 57.5. The second-order valence-electron chi connectivity index (χ2n) is 19.9. The number of hydrogen-bond acceptors (Lipinski definition) is 11. The molecule has 0 aliphatic carbocycles. The smallest absolute Gasteiger partial charge is 0.335 e. The van der Waals surface area contributed by atoms with Crippen LogP contribution in [0, 0.1) is 0 Å². The number of carboxylic acids is 1. The molecule has 79 heavy (non-hydrogen) atoms. The summed E-state index contributed by atoms with van der Waals surface area (Å²) in [5, 5.41) is 31.5. The van der Waals surface area contributed by atoms with Gasteiger partial charge in [0.25, 0.3) is 0 Å². The van der Waals surface area contributed by atoms with Crippen molar-refractivity contribution in [2.75, 3.05) is 13.2 Å². The van der Waals surface area contributed by atoms with Gasteiger partial charge in [-0.15, -0.1) is 0 Å². The maximum absolute atomic E-state index is 13.1. The number of carbonyl (C=O) groups is 4. The summed E-state index contributed by atoms with van der Waals surface area (Å²) >= 11 is 0.